The molecule has 0 saturated carbocycles. The third-order valence-corrected chi connectivity index (χ3v) is 9.34. The van der Waals surface area contributed by atoms with Crippen LogP contribution in [0.4, 0.5) is 5.69 Å². The molecular formula is C30H35N3OS2. The Labute approximate surface area is 223 Å². The largest absolute Gasteiger partial charge is 0.325 e. The zero-order chi connectivity index (χ0) is 25.7. The Morgan fingerprint density at radius 1 is 1.11 bits per heavy atom. The van der Waals surface area contributed by atoms with E-state index >= 15 is 0 Å². The van der Waals surface area contributed by atoms with Crippen LogP contribution in [0.15, 0.2) is 40.7 Å². The number of aromatic nitrogens is 1. The molecule has 2 heterocycles. The fraction of sp³-hybridized carbons (Fsp3) is 0.433. The minimum atomic E-state index is -0.362. The number of nitrogens with zero attached hydrogens (tertiary/aromatic N) is 2. The van der Waals surface area contributed by atoms with E-state index in [0.717, 1.165) is 71.5 Å². The standard InChI is InChI=1S/C30H35N3OS2/c1-5-20-12-10-13-21(6-2)27(20)33-29(34)28(19(3)4)36-30-23(18-31)26(25-16-11-17-35-25)22-14-8-7-9-15-24(22)32-30/h10-13,16-17,19,28H,5-9,14-15H2,1-4H3,(H,33,34). The lowest BCUT2D eigenvalue weighted by Gasteiger charge is -2.23. The lowest BCUT2D eigenvalue weighted by molar-refractivity contribution is -0.116. The molecule has 1 aromatic carbocycles. The summed E-state index contributed by atoms with van der Waals surface area (Å²) in [5.74, 6) is 0.0510. The van der Waals surface area contributed by atoms with Crippen molar-refractivity contribution in [1.82, 2.24) is 4.98 Å². The highest BCUT2D eigenvalue weighted by Gasteiger charge is 2.30. The molecule has 0 spiro atoms. The number of hydrogen-bond donors (Lipinski definition) is 1. The first kappa shape index (κ1) is 26.4. The van der Waals surface area contributed by atoms with Gasteiger partial charge in [-0.3, -0.25) is 4.79 Å². The number of carbonyl (C=O) groups is 1. The Kier molecular flexibility index (Phi) is 8.87. The van der Waals surface area contributed by atoms with Crippen LogP contribution in [-0.2, 0) is 30.5 Å². The van der Waals surface area contributed by atoms with Gasteiger partial charge >= 0.3 is 0 Å². The van der Waals surface area contributed by atoms with Crippen LogP contribution in [0.3, 0.4) is 0 Å². The maximum absolute atomic E-state index is 13.7. The predicted molar refractivity (Wildman–Crippen MR) is 152 cm³/mol. The molecule has 0 radical (unpaired) electrons. The number of hydrogen-bond acceptors (Lipinski definition) is 5. The van der Waals surface area contributed by atoms with Gasteiger partial charge < -0.3 is 5.32 Å². The number of thioether (sulfide) groups is 1. The van der Waals surface area contributed by atoms with Gasteiger partial charge in [0.05, 0.1) is 10.8 Å². The summed E-state index contributed by atoms with van der Waals surface area (Å²) >= 11 is 3.12. The van der Waals surface area contributed by atoms with Crippen molar-refractivity contribution in [1.29, 1.82) is 5.26 Å². The predicted octanol–water partition coefficient (Wildman–Crippen LogP) is 7.83. The minimum absolute atomic E-state index is 0.0242. The number of aryl methyl sites for hydroxylation is 3. The molecular weight excluding hydrogens is 482 g/mol. The summed E-state index contributed by atoms with van der Waals surface area (Å²) in [6.45, 7) is 8.37. The Hall–Kier alpha value is -2.62. The van der Waals surface area contributed by atoms with Gasteiger partial charge in [-0.15, -0.1) is 11.3 Å². The highest BCUT2D eigenvalue weighted by molar-refractivity contribution is 8.00. The summed E-state index contributed by atoms with van der Waals surface area (Å²) in [4.78, 5) is 19.9. The first-order chi connectivity index (χ1) is 17.5. The minimum Gasteiger partial charge on any atom is -0.325 e. The molecule has 3 aromatic rings. The zero-order valence-electron chi connectivity index (χ0n) is 21.7. The third-order valence-electron chi connectivity index (χ3n) is 6.92. The van der Waals surface area contributed by atoms with Crippen LogP contribution in [0.25, 0.3) is 10.4 Å². The molecule has 1 unspecified atom stereocenters. The average Bonchev–Trinajstić information content (AvgIpc) is 3.31. The maximum Gasteiger partial charge on any atom is 0.238 e. The van der Waals surface area contributed by atoms with E-state index in [1.807, 2.05) is 6.07 Å². The van der Waals surface area contributed by atoms with Crippen LogP contribution < -0.4 is 5.32 Å². The van der Waals surface area contributed by atoms with Crippen molar-refractivity contribution in [3.63, 3.8) is 0 Å². The van der Waals surface area contributed by atoms with E-state index in [1.54, 1.807) is 11.3 Å². The average molecular weight is 518 g/mol. The van der Waals surface area contributed by atoms with E-state index < -0.39 is 0 Å². The van der Waals surface area contributed by atoms with Crippen LogP contribution in [0, 0.1) is 17.2 Å². The second-order valence-electron chi connectivity index (χ2n) is 9.67. The molecule has 1 aliphatic rings. The van der Waals surface area contributed by atoms with E-state index in [2.05, 4.69) is 68.7 Å². The number of nitriles is 1. The van der Waals surface area contributed by atoms with Crippen LogP contribution in [-0.4, -0.2) is 16.1 Å². The number of pyridine rings is 1. The van der Waals surface area contributed by atoms with Gasteiger partial charge in [0.15, 0.2) is 0 Å². The van der Waals surface area contributed by atoms with Crippen molar-refractivity contribution in [2.45, 2.75) is 82.9 Å². The van der Waals surface area contributed by atoms with Gasteiger partial charge in [-0.25, -0.2) is 4.98 Å². The number of fused-ring (bicyclic) bond motifs is 1. The second kappa shape index (κ2) is 12.1. The third kappa shape index (κ3) is 5.53. The summed E-state index contributed by atoms with van der Waals surface area (Å²) in [5, 5.41) is 16.0. The van der Waals surface area contributed by atoms with Crippen LogP contribution in [0.5, 0.6) is 0 Å². The van der Waals surface area contributed by atoms with Crippen LogP contribution >= 0.6 is 23.1 Å². The van der Waals surface area contributed by atoms with Gasteiger partial charge in [0.2, 0.25) is 5.91 Å². The Balaban J connectivity index is 1.75. The molecule has 4 rings (SSSR count). The van der Waals surface area contributed by atoms with Crippen molar-refractivity contribution < 1.29 is 4.79 Å². The van der Waals surface area contributed by atoms with Gasteiger partial charge in [-0.1, -0.05) is 70.1 Å². The quantitative estimate of drug-likeness (QED) is 0.244. The molecule has 4 nitrogen and oxygen atoms in total. The molecule has 1 N–H and O–H groups in total. The first-order valence-corrected chi connectivity index (χ1v) is 14.8. The molecule has 0 saturated heterocycles. The van der Waals surface area contributed by atoms with Gasteiger partial charge in [0.25, 0.3) is 0 Å². The lowest BCUT2D eigenvalue weighted by Crippen LogP contribution is -2.30. The molecule has 2 aromatic heterocycles. The van der Waals surface area contributed by atoms with Crippen LogP contribution in [0.2, 0.25) is 0 Å². The molecule has 36 heavy (non-hydrogen) atoms. The fourth-order valence-corrected chi connectivity index (χ4v) is 6.90. The van der Waals surface area contributed by atoms with E-state index in [0.29, 0.717) is 10.6 Å². The zero-order valence-corrected chi connectivity index (χ0v) is 23.3. The number of thiophene rings is 1. The van der Waals surface area contributed by atoms with Gasteiger partial charge in [0, 0.05) is 21.8 Å². The molecule has 1 atom stereocenters. The molecule has 0 fully saturated rings. The number of nitrogens with one attached hydrogen (secondary N) is 1. The van der Waals surface area contributed by atoms with E-state index in [9.17, 15) is 10.1 Å². The Bertz CT molecular complexity index is 1240. The number of benzene rings is 1. The maximum atomic E-state index is 13.7. The van der Waals surface area contributed by atoms with Gasteiger partial charge in [-0.05, 0) is 72.6 Å². The summed E-state index contributed by atoms with van der Waals surface area (Å²) in [7, 11) is 0. The number of rotatable bonds is 8. The van der Waals surface area contributed by atoms with Crippen molar-refractivity contribution in [2.24, 2.45) is 5.92 Å². The van der Waals surface area contributed by atoms with E-state index in [-0.39, 0.29) is 17.1 Å². The van der Waals surface area contributed by atoms with Crippen molar-refractivity contribution >= 4 is 34.7 Å². The van der Waals surface area contributed by atoms with Crippen molar-refractivity contribution in [2.75, 3.05) is 5.32 Å². The number of amides is 1. The second-order valence-corrected chi connectivity index (χ2v) is 11.8. The number of anilines is 1. The highest BCUT2D eigenvalue weighted by Crippen LogP contribution is 2.41. The first-order valence-electron chi connectivity index (χ1n) is 13.1. The lowest BCUT2D eigenvalue weighted by atomic mass is 9.97. The summed E-state index contributed by atoms with van der Waals surface area (Å²) in [5.41, 5.74) is 7.22. The summed E-state index contributed by atoms with van der Waals surface area (Å²) in [6.07, 6.45) is 7.01. The van der Waals surface area contributed by atoms with Crippen LogP contribution in [0.1, 0.15) is 74.9 Å². The molecule has 0 aliphatic heterocycles. The topological polar surface area (TPSA) is 65.8 Å². The molecule has 0 bridgehead atoms. The van der Waals surface area contributed by atoms with Crippen molar-refractivity contribution in [3.05, 3.63) is 63.7 Å². The summed E-state index contributed by atoms with van der Waals surface area (Å²) < 4.78 is 0. The summed E-state index contributed by atoms with van der Waals surface area (Å²) in [6, 6.07) is 12.9. The van der Waals surface area contributed by atoms with Crippen molar-refractivity contribution in [3.8, 4) is 16.5 Å². The number of para-hydroxylation sites is 1. The SMILES string of the molecule is CCc1cccc(CC)c1NC(=O)C(Sc1nc2c(c(-c3cccs3)c1C#N)CCCCC2)C(C)C. The molecule has 188 valence electrons. The normalized spacial score (nSPS) is 14.1. The van der Waals surface area contributed by atoms with E-state index in [4.69, 9.17) is 4.98 Å². The monoisotopic (exact) mass is 517 g/mol. The van der Waals surface area contributed by atoms with Gasteiger partial charge in [0.1, 0.15) is 11.1 Å². The van der Waals surface area contributed by atoms with Gasteiger partial charge in [-0.2, -0.15) is 5.26 Å². The Morgan fingerprint density at radius 2 is 1.83 bits per heavy atom. The molecule has 1 aliphatic carbocycles. The number of carbonyl (C=O) groups excluding carboxylic acids is 1. The highest BCUT2D eigenvalue weighted by atomic mass is 32.2. The molecule has 6 heteroatoms. The van der Waals surface area contributed by atoms with E-state index in [1.165, 1.54) is 23.7 Å². The smallest absolute Gasteiger partial charge is 0.238 e. The Morgan fingerprint density at radius 3 is 2.44 bits per heavy atom. The molecule has 1 amide bonds. The fourth-order valence-electron chi connectivity index (χ4n) is 4.99.